The van der Waals surface area contributed by atoms with E-state index in [0.29, 0.717) is 0 Å². The number of nitrogens with zero attached hydrogens (tertiary/aromatic N) is 1. The first kappa shape index (κ1) is 11.3. The Morgan fingerprint density at radius 1 is 1.40 bits per heavy atom. The molecule has 0 aromatic carbocycles. The van der Waals surface area contributed by atoms with E-state index in [1.54, 1.807) is 11.3 Å². The van der Waals surface area contributed by atoms with Gasteiger partial charge in [-0.15, -0.1) is 11.3 Å². The first-order valence-corrected chi connectivity index (χ1v) is 7.45. The van der Waals surface area contributed by atoms with Crippen LogP contribution in [0.5, 0.6) is 0 Å². The van der Waals surface area contributed by atoms with Gasteiger partial charge in [0.25, 0.3) is 0 Å². The normalized spacial score (nSPS) is 18.2. The van der Waals surface area contributed by atoms with Crippen LogP contribution in [0.2, 0.25) is 0 Å². The molecule has 1 aromatic heterocycles. The molecule has 1 heterocycles. The van der Waals surface area contributed by atoms with Crippen molar-refractivity contribution >= 4 is 28.9 Å². The molecule has 15 heavy (non-hydrogen) atoms. The first-order chi connectivity index (χ1) is 7.25. The molecule has 0 atom stereocenters. The lowest BCUT2D eigenvalue weighted by molar-refractivity contribution is 0.516. The number of thioether (sulfide) groups is 1. The lowest BCUT2D eigenvalue weighted by atomic mass is 10.0. The van der Waals surface area contributed by atoms with Crippen LogP contribution in [0.1, 0.15) is 42.0 Å². The number of anilines is 1. The second-order valence-electron chi connectivity index (χ2n) is 4.12. The fourth-order valence-electron chi connectivity index (χ4n) is 1.95. The summed E-state index contributed by atoms with van der Waals surface area (Å²) in [7, 11) is 0. The van der Waals surface area contributed by atoms with E-state index in [9.17, 15) is 0 Å². The Hall–Kier alpha value is -0.220. The van der Waals surface area contributed by atoms with Crippen molar-refractivity contribution in [3.05, 3.63) is 9.88 Å². The highest BCUT2D eigenvalue weighted by Crippen LogP contribution is 2.32. The van der Waals surface area contributed by atoms with Gasteiger partial charge < -0.3 is 5.73 Å². The van der Waals surface area contributed by atoms with Crippen LogP contribution in [-0.4, -0.2) is 10.2 Å². The molecule has 84 valence electrons. The predicted octanol–water partition coefficient (Wildman–Crippen LogP) is 3.60. The molecule has 0 saturated heterocycles. The number of hydrogen-bond acceptors (Lipinski definition) is 4. The number of thiazole rings is 1. The van der Waals surface area contributed by atoms with Crippen LogP contribution in [0.4, 0.5) is 5.82 Å². The summed E-state index contributed by atoms with van der Waals surface area (Å²) < 4.78 is 0. The lowest BCUT2D eigenvalue weighted by Gasteiger charge is -2.20. The molecule has 0 bridgehead atoms. The third-order valence-electron chi connectivity index (χ3n) is 2.87. The number of nitrogens with two attached hydrogens (primary N) is 1. The number of aromatic nitrogens is 1. The van der Waals surface area contributed by atoms with Crippen molar-refractivity contribution in [2.75, 3.05) is 5.73 Å². The topological polar surface area (TPSA) is 38.9 Å². The molecule has 2 N–H and O–H groups in total. The fraction of sp³-hybridized carbons (Fsp3) is 0.727. The quantitative estimate of drug-likeness (QED) is 0.880. The smallest absolute Gasteiger partial charge is 0.137 e. The minimum Gasteiger partial charge on any atom is -0.383 e. The van der Waals surface area contributed by atoms with Crippen molar-refractivity contribution in [2.45, 2.75) is 50.0 Å². The average molecular weight is 242 g/mol. The van der Waals surface area contributed by atoms with Gasteiger partial charge in [-0.1, -0.05) is 19.3 Å². The van der Waals surface area contributed by atoms with Gasteiger partial charge >= 0.3 is 0 Å². The highest BCUT2D eigenvalue weighted by atomic mass is 32.2. The Kier molecular flexibility index (Phi) is 3.92. The summed E-state index contributed by atoms with van der Waals surface area (Å²) in [5, 5.41) is 2.06. The van der Waals surface area contributed by atoms with Crippen LogP contribution in [0, 0.1) is 6.92 Å². The largest absolute Gasteiger partial charge is 0.383 e. The predicted molar refractivity (Wildman–Crippen MR) is 69.4 cm³/mol. The Balaban J connectivity index is 1.81. The summed E-state index contributed by atoms with van der Waals surface area (Å²) in [6.07, 6.45) is 7.04. The van der Waals surface area contributed by atoms with Crippen molar-refractivity contribution < 1.29 is 0 Å². The minimum atomic E-state index is 0.722. The van der Waals surface area contributed by atoms with E-state index in [2.05, 4.69) is 16.7 Å². The Morgan fingerprint density at radius 3 is 2.73 bits per heavy atom. The van der Waals surface area contributed by atoms with Crippen LogP contribution >= 0.6 is 23.1 Å². The van der Waals surface area contributed by atoms with Gasteiger partial charge in [0.15, 0.2) is 0 Å². The third kappa shape index (κ3) is 3.11. The van der Waals surface area contributed by atoms with E-state index < -0.39 is 0 Å². The molecule has 0 unspecified atom stereocenters. The van der Waals surface area contributed by atoms with Gasteiger partial charge in [0.2, 0.25) is 0 Å². The van der Waals surface area contributed by atoms with Crippen molar-refractivity contribution in [1.82, 2.24) is 4.98 Å². The molecular weight excluding hydrogens is 224 g/mol. The van der Waals surface area contributed by atoms with Gasteiger partial charge in [-0.2, -0.15) is 11.8 Å². The Morgan fingerprint density at radius 2 is 2.13 bits per heavy atom. The van der Waals surface area contributed by atoms with Crippen LogP contribution in [-0.2, 0) is 5.75 Å². The number of hydrogen-bond donors (Lipinski definition) is 1. The van der Waals surface area contributed by atoms with E-state index in [0.717, 1.165) is 21.7 Å². The lowest BCUT2D eigenvalue weighted by Crippen LogP contribution is -2.08. The summed E-state index contributed by atoms with van der Waals surface area (Å²) in [6.45, 7) is 2.04. The van der Waals surface area contributed by atoms with Gasteiger partial charge in [0.05, 0.1) is 0 Å². The summed E-state index contributed by atoms with van der Waals surface area (Å²) >= 11 is 3.81. The molecule has 2 nitrogen and oxygen atoms in total. The molecule has 1 aromatic rings. The third-order valence-corrected chi connectivity index (χ3v) is 5.42. The van der Waals surface area contributed by atoms with Crippen molar-refractivity contribution in [1.29, 1.82) is 0 Å². The molecule has 0 spiro atoms. The van der Waals surface area contributed by atoms with Gasteiger partial charge in [-0.05, 0) is 19.8 Å². The molecule has 0 radical (unpaired) electrons. The molecule has 1 aliphatic carbocycles. The van der Waals surface area contributed by atoms with Gasteiger partial charge in [-0.3, -0.25) is 0 Å². The summed E-state index contributed by atoms with van der Waals surface area (Å²) in [6, 6.07) is 0. The maximum atomic E-state index is 5.74. The van der Waals surface area contributed by atoms with Crippen molar-refractivity contribution in [2.24, 2.45) is 0 Å². The molecule has 1 fully saturated rings. The van der Waals surface area contributed by atoms with E-state index in [1.807, 2.05) is 6.92 Å². The van der Waals surface area contributed by atoms with Crippen LogP contribution in [0.3, 0.4) is 0 Å². The number of aryl methyl sites for hydroxylation is 1. The van der Waals surface area contributed by atoms with E-state index >= 15 is 0 Å². The van der Waals surface area contributed by atoms with E-state index in [-0.39, 0.29) is 0 Å². The average Bonchev–Trinajstić information content (AvgIpc) is 2.57. The molecule has 4 heteroatoms. The van der Waals surface area contributed by atoms with Crippen molar-refractivity contribution in [3.63, 3.8) is 0 Å². The zero-order chi connectivity index (χ0) is 10.7. The monoisotopic (exact) mass is 242 g/mol. The van der Waals surface area contributed by atoms with Crippen molar-refractivity contribution in [3.8, 4) is 0 Å². The first-order valence-electron chi connectivity index (χ1n) is 5.59. The summed E-state index contributed by atoms with van der Waals surface area (Å²) in [5.41, 5.74) is 5.74. The maximum Gasteiger partial charge on any atom is 0.137 e. The molecule has 0 amide bonds. The summed E-state index contributed by atoms with van der Waals surface area (Å²) in [4.78, 5) is 5.53. The highest BCUT2D eigenvalue weighted by molar-refractivity contribution is 7.99. The van der Waals surface area contributed by atoms with Crippen LogP contribution in [0.15, 0.2) is 0 Å². The number of rotatable bonds is 3. The SMILES string of the molecule is Cc1sc(CSC2CCCCC2)nc1N. The Bertz CT molecular complexity index is 297. The molecule has 1 saturated carbocycles. The standard InChI is InChI=1S/C11H18N2S2/c1-8-11(12)13-10(15-8)7-14-9-5-3-2-4-6-9/h9H,2-7,12H2,1H3. The van der Waals surface area contributed by atoms with Crippen LogP contribution < -0.4 is 5.73 Å². The summed E-state index contributed by atoms with van der Waals surface area (Å²) in [5.74, 6) is 1.77. The van der Waals surface area contributed by atoms with Gasteiger partial charge in [0, 0.05) is 15.9 Å². The fourth-order valence-corrected chi connectivity index (χ4v) is 4.14. The van der Waals surface area contributed by atoms with E-state index in [1.165, 1.54) is 37.1 Å². The zero-order valence-electron chi connectivity index (χ0n) is 9.16. The molecule has 0 aliphatic heterocycles. The second kappa shape index (κ2) is 5.21. The number of nitrogen functional groups attached to an aromatic ring is 1. The van der Waals surface area contributed by atoms with Crippen LogP contribution in [0.25, 0.3) is 0 Å². The van der Waals surface area contributed by atoms with E-state index in [4.69, 9.17) is 5.73 Å². The molecule has 2 rings (SSSR count). The second-order valence-corrected chi connectivity index (χ2v) is 6.70. The zero-order valence-corrected chi connectivity index (χ0v) is 10.8. The minimum absolute atomic E-state index is 0.722. The van der Waals surface area contributed by atoms with Gasteiger partial charge in [-0.25, -0.2) is 4.98 Å². The maximum absolute atomic E-state index is 5.74. The highest BCUT2D eigenvalue weighted by Gasteiger charge is 2.14. The molecular formula is C11H18N2S2. The Labute approximate surface area is 99.7 Å². The molecule has 1 aliphatic rings. The van der Waals surface area contributed by atoms with Gasteiger partial charge in [0.1, 0.15) is 10.8 Å².